The summed E-state index contributed by atoms with van der Waals surface area (Å²) in [5.41, 5.74) is 2.28. The number of aliphatic imine (C=N–C) groups is 1. The summed E-state index contributed by atoms with van der Waals surface area (Å²) in [4.78, 5) is 6.77. The topological polar surface area (TPSA) is 71.3 Å². The Morgan fingerprint density at radius 3 is 2.74 bits per heavy atom. The molecule has 1 aliphatic heterocycles. The van der Waals surface area contributed by atoms with Crippen molar-refractivity contribution < 1.29 is 13.9 Å². The van der Waals surface area contributed by atoms with Gasteiger partial charge in [-0.2, -0.15) is 0 Å². The van der Waals surface area contributed by atoms with Gasteiger partial charge in [0.1, 0.15) is 17.6 Å². The van der Waals surface area contributed by atoms with Crippen molar-refractivity contribution in [3.05, 3.63) is 53.5 Å². The fourth-order valence-electron chi connectivity index (χ4n) is 3.85. The molecule has 2 heterocycles. The number of guanidine groups is 1. The lowest BCUT2D eigenvalue weighted by Crippen LogP contribution is -2.43. The van der Waals surface area contributed by atoms with Crippen molar-refractivity contribution in [2.45, 2.75) is 45.9 Å². The van der Waals surface area contributed by atoms with E-state index in [4.69, 9.17) is 13.9 Å². The number of nitrogens with zero attached hydrogens (tertiary/aromatic N) is 2. The number of aryl methyl sites for hydroxylation is 1. The highest BCUT2D eigenvalue weighted by Gasteiger charge is 2.21. The molecule has 170 valence electrons. The SMILES string of the molecule is CCN(CC)C(CNC(=NC)NCc1ccc(C)cc1OC1CCOC1)c1ccco1. The van der Waals surface area contributed by atoms with E-state index in [0.29, 0.717) is 19.7 Å². The zero-order valence-electron chi connectivity index (χ0n) is 19.2. The minimum Gasteiger partial charge on any atom is -0.488 e. The number of hydrogen-bond acceptors (Lipinski definition) is 5. The largest absolute Gasteiger partial charge is 0.488 e. The van der Waals surface area contributed by atoms with E-state index in [1.807, 2.05) is 12.1 Å². The van der Waals surface area contributed by atoms with Crippen LogP contribution in [0, 0.1) is 6.92 Å². The van der Waals surface area contributed by atoms with E-state index in [0.717, 1.165) is 49.1 Å². The Morgan fingerprint density at radius 1 is 1.26 bits per heavy atom. The van der Waals surface area contributed by atoms with E-state index in [9.17, 15) is 0 Å². The third kappa shape index (κ3) is 6.48. The average Bonchev–Trinajstić information content (AvgIpc) is 3.48. The second-order valence-electron chi connectivity index (χ2n) is 7.77. The van der Waals surface area contributed by atoms with Crippen LogP contribution in [0.4, 0.5) is 0 Å². The molecule has 1 aliphatic rings. The summed E-state index contributed by atoms with van der Waals surface area (Å²) in [7, 11) is 1.79. The minimum absolute atomic E-state index is 0.126. The molecule has 0 amide bonds. The molecule has 0 bridgehead atoms. The molecule has 31 heavy (non-hydrogen) atoms. The number of ether oxygens (including phenoxy) is 2. The van der Waals surface area contributed by atoms with Crippen LogP contribution in [0.2, 0.25) is 0 Å². The van der Waals surface area contributed by atoms with Crippen LogP contribution in [-0.2, 0) is 11.3 Å². The molecule has 0 aliphatic carbocycles. The van der Waals surface area contributed by atoms with E-state index in [1.165, 1.54) is 5.56 Å². The Hall–Kier alpha value is -2.51. The molecule has 2 atom stereocenters. The molecule has 2 unspecified atom stereocenters. The fraction of sp³-hybridized carbons (Fsp3) is 0.542. The van der Waals surface area contributed by atoms with Gasteiger partial charge in [-0.1, -0.05) is 26.0 Å². The standard InChI is InChI=1S/C24H36N4O3/c1-5-28(6-2)21(22-8-7-12-30-22)16-27-24(25-4)26-15-19-10-9-18(3)14-23(19)31-20-11-13-29-17-20/h7-10,12,14,20-21H,5-6,11,13,15-17H2,1-4H3,(H2,25,26,27). The highest BCUT2D eigenvalue weighted by molar-refractivity contribution is 5.79. The number of nitrogens with one attached hydrogen (secondary N) is 2. The van der Waals surface area contributed by atoms with Gasteiger partial charge in [0.25, 0.3) is 0 Å². The average molecular weight is 429 g/mol. The van der Waals surface area contributed by atoms with Crippen LogP contribution in [0.1, 0.15) is 43.2 Å². The maximum Gasteiger partial charge on any atom is 0.191 e. The summed E-state index contributed by atoms with van der Waals surface area (Å²) in [6, 6.07) is 10.4. The first kappa shape index (κ1) is 23.2. The number of hydrogen-bond donors (Lipinski definition) is 2. The first-order chi connectivity index (χ1) is 15.1. The first-order valence-corrected chi connectivity index (χ1v) is 11.2. The highest BCUT2D eigenvalue weighted by Crippen LogP contribution is 2.24. The number of furan rings is 1. The van der Waals surface area contributed by atoms with Gasteiger partial charge in [0.15, 0.2) is 5.96 Å². The Labute approximate surface area is 185 Å². The van der Waals surface area contributed by atoms with Crippen LogP contribution in [0.25, 0.3) is 0 Å². The van der Waals surface area contributed by atoms with Crippen molar-refractivity contribution in [1.29, 1.82) is 0 Å². The van der Waals surface area contributed by atoms with E-state index < -0.39 is 0 Å². The van der Waals surface area contributed by atoms with E-state index in [-0.39, 0.29) is 12.1 Å². The van der Waals surface area contributed by atoms with Crippen molar-refractivity contribution in [2.75, 3.05) is 39.9 Å². The molecule has 7 heteroatoms. The van der Waals surface area contributed by atoms with E-state index >= 15 is 0 Å². The molecule has 2 aromatic rings. The van der Waals surface area contributed by atoms with Gasteiger partial charge in [-0.05, 0) is 43.8 Å². The quantitative estimate of drug-likeness (QED) is 0.446. The van der Waals surface area contributed by atoms with Crippen molar-refractivity contribution >= 4 is 5.96 Å². The molecule has 0 radical (unpaired) electrons. The highest BCUT2D eigenvalue weighted by atomic mass is 16.5. The summed E-state index contributed by atoms with van der Waals surface area (Å²) in [5.74, 6) is 2.62. The van der Waals surface area contributed by atoms with Crippen molar-refractivity contribution in [1.82, 2.24) is 15.5 Å². The van der Waals surface area contributed by atoms with E-state index in [2.05, 4.69) is 59.5 Å². The monoisotopic (exact) mass is 428 g/mol. The Kier molecular flexibility index (Phi) is 8.79. The van der Waals surface area contributed by atoms with Crippen LogP contribution in [0.3, 0.4) is 0 Å². The van der Waals surface area contributed by atoms with Crippen molar-refractivity contribution in [2.24, 2.45) is 4.99 Å². The van der Waals surface area contributed by atoms with Crippen LogP contribution < -0.4 is 15.4 Å². The molecule has 3 rings (SSSR count). The van der Waals surface area contributed by atoms with Gasteiger partial charge in [-0.15, -0.1) is 0 Å². The van der Waals surface area contributed by atoms with Crippen LogP contribution >= 0.6 is 0 Å². The third-order valence-electron chi connectivity index (χ3n) is 5.66. The second-order valence-corrected chi connectivity index (χ2v) is 7.77. The van der Waals surface area contributed by atoms with Crippen molar-refractivity contribution in [3.8, 4) is 5.75 Å². The minimum atomic E-state index is 0.126. The molecular formula is C24H36N4O3. The molecule has 1 fully saturated rings. The summed E-state index contributed by atoms with van der Waals surface area (Å²) >= 11 is 0. The predicted molar refractivity (Wildman–Crippen MR) is 124 cm³/mol. The smallest absolute Gasteiger partial charge is 0.191 e. The zero-order chi connectivity index (χ0) is 22.1. The van der Waals surface area contributed by atoms with Gasteiger partial charge in [-0.25, -0.2) is 0 Å². The molecule has 1 aromatic carbocycles. The van der Waals surface area contributed by atoms with Gasteiger partial charge in [-0.3, -0.25) is 9.89 Å². The van der Waals surface area contributed by atoms with Gasteiger partial charge < -0.3 is 24.5 Å². The Morgan fingerprint density at radius 2 is 2.10 bits per heavy atom. The Bertz CT molecular complexity index is 812. The Balaban J connectivity index is 1.61. The fourth-order valence-corrected chi connectivity index (χ4v) is 3.85. The third-order valence-corrected chi connectivity index (χ3v) is 5.66. The maximum atomic E-state index is 6.22. The molecular weight excluding hydrogens is 392 g/mol. The van der Waals surface area contributed by atoms with Crippen molar-refractivity contribution in [3.63, 3.8) is 0 Å². The van der Waals surface area contributed by atoms with Crippen LogP contribution in [-0.4, -0.2) is 56.9 Å². The zero-order valence-corrected chi connectivity index (χ0v) is 19.2. The molecule has 7 nitrogen and oxygen atoms in total. The predicted octanol–water partition coefficient (Wildman–Crippen LogP) is 3.50. The van der Waals surface area contributed by atoms with E-state index in [1.54, 1.807) is 13.3 Å². The summed E-state index contributed by atoms with van der Waals surface area (Å²) in [6.07, 6.45) is 2.79. The maximum absolute atomic E-state index is 6.22. The molecule has 1 aromatic heterocycles. The van der Waals surface area contributed by atoms with Gasteiger partial charge in [0.2, 0.25) is 0 Å². The second kappa shape index (κ2) is 11.8. The summed E-state index contributed by atoms with van der Waals surface area (Å²) < 4.78 is 17.4. The number of benzene rings is 1. The van der Waals surface area contributed by atoms with Gasteiger partial charge in [0.05, 0.1) is 25.5 Å². The molecule has 0 saturated carbocycles. The summed E-state index contributed by atoms with van der Waals surface area (Å²) in [5, 5.41) is 6.88. The number of likely N-dealkylation sites (N-methyl/N-ethyl adjacent to an activating group) is 1. The van der Waals surface area contributed by atoms with Gasteiger partial charge in [0, 0.05) is 32.1 Å². The summed E-state index contributed by atoms with van der Waals surface area (Å²) in [6.45, 7) is 11.1. The van der Waals surface area contributed by atoms with Gasteiger partial charge >= 0.3 is 0 Å². The van der Waals surface area contributed by atoms with Crippen LogP contribution in [0.15, 0.2) is 46.0 Å². The normalized spacial score (nSPS) is 17.7. The van der Waals surface area contributed by atoms with Crippen LogP contribution in [0.5, 0.6) is 5.75 Å². The first-order valence-electron chi connectivity index (χ1n) is 11.2. The lowest BCUT2D eigenvalue weighted by atomic mass is 10.1. The lowest BCUT2D eigenvalue weighted by Gasteiger charge is -2.28. The number of rotatable bonds is 10. The molecule has 0 spiro atoms. The lowest BCUT2D eigenvalue weighted by molar-refractivity contribution is 0.140. The molecule has 2 N–H and O–H groups in total. The molecule has 1 saturated heterocycles.